The summed E-state index contributed by atoms with van der Waals surface area (Å²) in [5, 5.41) is 2.89. The van der Waals surface area contributed by atoms with Crippen LogP contribution in [-0.2, 0) is 22.6 Å². The molecule has 2 aromatic rings. The Morgan fingerprint density at radius 2 is 2.04 bits per heavy atom. The van der Waals surface area contributed by atoms with Gasteiger partial charge >= 0.3 is 0 Å². The number of carbonyl (C=O) groups is 2. The molecular weight excluding hydrogens is 342 g/mol. The fraction of sp³-hybridized carbons (Fsp3) is 0.429. The zero-order valence-electron chi connectivity index (χ0n) is 16.0. The molecule has 0 bridgehead atoms. The third kappa shape index (κ3) is 5.20. The summed E-state index contributed by atoms with van der Waals surface area (Å²) in [7, 11) is 1.75. The molecule has 1 unspecified atom stereocenters. The Kier molecular flexibility index (Phi) is 6.29. The Morgan fingerprint density at radius 1 is 1.26 bits per heavy atom. The topological polar surface area (TPSA) is 65.8 Å². The van der Waals surface area contributed by atoms with Crippen LogP contribution in [0, 0.1) is 6.92 Å². The Labute approximate surface area is 160 Å². The molecule has 6 heteroatoms. The summed E-state index contributed by atoms with van der Waals surface area (Å²) in [6, 6.07) is 13.5. The molecule has 0 aliphatic carbocycles. The average molecular weight is 369 g/mol. The first kappa shape index (κ1) is 19.2. The lowest BCUT2D eigenvalue weighted by Gasteiger charge is -2.35. The van der Waals surface area contributed by atoms with E-state index in [4.69, 9.17) is 4.42 Å². The van der Waals surface area contributed by atoms with Crippen LogP contribution in [0.5, 0.6) is 0 Å². The van der Waals surface area contributed by atoms with Crippen molar-refractivity contribution in [2.45, 2.75) is 32.4 Å². The van der Waals surface area contributed by atoms with Crippen molar-refractivity contribution in [1.29, 1.82) is 0 Å². The second-order valence-corrected chi connectivity index (χ2v) is 7.04. The Hall–Kier alpha value is -2.60. The molecule has 0 radical (unpaired) electrons. The van der Waals surface area contributed by atoms with E-state index in [-0.39, 0.29) is 18.2 Å². The van der Waals surface area contributed by atoms with Crippen molar-refractivity contribution < 1.29 is 14.0 Å². The van der Waals surface area contributed by atoms with Crippen molar-refractivity contribution >= 4 is 11.8 Å². The number of hydrogen-bond donors (Lipinski definition) is 1. The molecule has 2 heterocycles. The van der Waals surface area contributed by atoms with E-state index < -0.39 is 6.04 Å². The number of nitrogens with one attached hydrogen (secondary N) is 1. The quantitative estimate of drug-likeness (QED) is 0.811. The lowest BCUT2D eigenvalue weighted by Crippen LogP contribution is -2.56. The Balaban J connectivity index is 1.58. The number of furan rings is 1. The molecule has 3 rings (SSSR count). The van der Waals surface area contributed by atoms with Crippen LogP contribution in [-0.4, -0.2) is 54.3 Å². The Bertz CT molecular complexity index is 772. The zero-order valence-corrected chi connectivity index (χ0v) is 16.0. The van der Waals surface area contributed by atoms with Crippen LogP contribution in [0.15, 0.2) is 46.9 Å². The van der Waals surface area contributed by atoms with E-state index in [2.05, 4.69) is 22.3 Å². The molecule has 2 amide bonds. The van der Waals surface area contributed by atoms with Crippen LogP contribution >= 0.6 is 0 Å². The van der Waals surface area contributed by atoms with Crippen molar-refractivity contribution in [2.24, 2.45) is 0 Å². The molecule has 1 N–H and O–H groups in total. The Morgan fingerprint density at radius 3 is 2.74 bits per heavy atom. The molecule has 1 fully saturated rings. The monoisotopic (exact) mass is 369 g/mol. The van der Waals surface area contributed by atoms with Gasteiger partial charge in [0.15, 0.2) is 0 Å². The highest BCUT2D eigenvalue weighted by Gasteiger charge is 2.32. The number of hydrogen-bond acceptors (Lipinski definition) is 4. The summed E-state index contributed by atoms with van der Waals surface area (Å²) in [5.74, 6) is 1.45. The summed E-state index contributed by atoms with van der Waals surface area (Å²) >= 11 is 0. The molecule has 144 valence electrons. The van der Waals surface area contributed by atoms with Crippen molar-refractivity contribution in [3.8, 4) is 0 Å². The third-order valence-corrected chi connectivity index (χ3v) is 4.95. The molecule has 1 atom stereocenters. The van der Waals surface area contributed by atoms with E-state index in [1.807, 2.05) is 37.3 Å². The number of carbonyl (C=O) groups excluding carboxylic acids is 2. The lowest BCUT2D eigenvalue weighted by molar-refractivity contribution is -0.138. The predicted octanol–water partition coefficient (Wildman–Crippen LogP) is 1.98. The van der Waals surface area contributed by atoms with Gasteiger partial charge in [-0.15, -0.1) is 0 Å². The zero-order chi connectivity index (χ0) is 19.2. The van der Waals surface area contributed by atoms with Gasteiger partial charge in [-0.1, -0.05) is 30.3 Å². The standard InChI is InChI=1S/C21H27N3O3/c1-16-8-9-18(27-16)15-23(2)20(25)14-19-21(26)22-11-13-24(19)12-10-17-6-4-3-5-7-17/h3-9,19H,10-15H2,1-2H3,(H,22,26). The maximum atomic E-state index is 12.7. The van der Waals surface area contributed by atoms with Gasteiger partial charge in [-0.05, 0) is 31.0 Å². The van der Waals surface area contributed by atoms with Gasteiger partial charge in [0.2, 0.25) is 11.8 Å². The van der Waals surface area contributed by atoms with Crippen molar-refractivity contribution in [3.05, 3.63) is 59.5 Å². The molecule has 1 aliphatic rings. The highest BCUT2D eigenvalue weighted by Crippen LogP contribution is 2.14. The number of piperazine rings is 1. The van der Waals surface area contributed by atoms with Crippen LogP contribution in [0.1, 0.15) is 23.5 Å². The summed E-state index contributed by atoms with van der Waals surface area (Å²) in [6.07, 6.45) is 1.04. The van der Waals surface area contributed by atoms with E-state index in [0.29, 0.717) is 13.1 Å². The van der Waals surface area contributed by atoms with E-state index in [1.54, 1.807) is 11.9 Å². The van der Waals surface area contributed by atoms with Crippen molar-refractivity contribution in [2.75, 3.05) is 26.7 Å². The number of amides is 2. The van der Waals surface area contributed by atoms with Gasteiger partial charge in [-0.2, -0.15) is 0 Å². The van der Waals surface area contributed by atoms with Gasteiger partial charge in [-0.25, -0.2) is 0 Å². The van der Waals surface area contributed by atoms with Crippen LogP contribution in [0.4, 0.5) is 0 Å². The highest BCUT2D eigenvalue weighted by atomic mass is 16.3. The van der Waals surface area contributed by atoms with Gasteiger partial charge < -0.3 is 14.6 Å². The summed E-state index contributed by atoms with van der Waals surface area (Å²) in [5.41, 5.74) is 1.24. The molecule has 1 aromatic heterocycles. The van der Waals surface area contributed by atoms with Gasteiger partial charge in [0.1, 0.15) is 11.5 Å². The number of nitrogens with zero attached hydrogens (tertiary/aromatic N) is 2. The van der Waals surface area contributed by atoms with Gasteiger partial charge in [0.05, 0.1) is 19.0 Å². The molecule has 1 saturated heterocycles. The largest absolute Gasteiger partial charge is 0.464 e. The minimum atomic E-state index is -0.421. The third-order valence-electron chi connectivity index (χ3n) is 4.95. The molecule has 0 spiro atoms. The van der Waals surface area contributed by atoms with E-state index in [0.717, 1.165) is 31.0 Å². The van der Waals surface area contributed by atoms with Crippen LogP contribution in [0.2, 0.25) is 0 Å². The molecule has 6 nitrogen and oxygen atoms in total. The van der Waals surface area contributed by atoms with Gasteiger partial charge in [0, 0.05) is 26.7 Å². The van der Waals surface area contributed by atoms with Crippen molar-refractivity contribution in [3.63, 3.8) is 0 Å². The lowest BCUT2D eigenvalue weighted by atomic mass is 10.1. The van der Waals surface area contributed by atoms with Crippen LogP contribution in [0.25, 0.3) is 0 Å². The fourth-order valence-corrected chi connectivity index (χ4v) is 3.38. The maximum Gasteiger partial charge on any atom is 0.237 e. The maximum absolute atomic E-state index is 12.7. The van der Waals surface area contributed by atoms with E-state index in [1.165, 1.54) is 5.56 Å². The minimum absolute atomic E-state index is 0.0594. The van der Waals surface area contributed by atoms with E-state index in [9.17, 15) is 9.59 Å². The van der Waals surface area contributed by atoms with Crippen LogP contribution < -0.4 is 5.32 Å². The number of benzene rings is 1. The second kappa shape index (κ2) is 8.86. The average Bonchev–Trinajstić information content (AvgIpc) is 3.07. The molecule has 1 aliphatic heterocycles. The highest BCUT2D eigenvalue weighted by molar-refractivity contribution is 5.88. The fourth-order valence-electron chi connectivity index (χ4n) is 3.38. The first-order valence-electron chi connectivity index (χ1n) is 9.38. The van der Waals surface area contributed by atoms with Gasteiger partial charge in [-0.3, -0.25) is 14.5 Å². The summed E-state index contributed by atoms with van der Waals surface area (Å²) in [4.78, 5) is 28.8. The number of rotatable bonds is 7. The molecule has 0 saturated carbocycles. The van der Waals surface area contributed by atoms with Gasteiger partial charge in [0.25, 0.3) is 0 Å². The second-order valence-electron chi connectivity index (χ2n) is 7.04. The van der Waals surface area contributed by atoms with Crippen LogP contribution in [0.3, 0.4) is 0 Å². The predicted molar refractivity (Wildman–Crippen MR) is 103 cm³/mol. The summed E-state index contributed by atoms with van der Waals surface area (Å²) < 4.78 is 5.54. The molecule has 27 heavy (non-hydrogen) atoms. The smallest absolute Gasteiger partial charge is 0.237 e. The number of aryl methyl sites for hydroxylation is 1. The molecular formula is C21H27N3O3. The van der Waals surface area contributed by atoms with E-state index >= 15 is 0 Å². The first-order chi connectivity index (χ1) is 13.0. The SMILES string of the molecule is Cc1ccc(CN(C)C(=O)CC2C(=O)NCCN2CCc2ccccc2)o1. The molecule has 1 aromatic carbocycles. The summed E-state index contributed by atoms with van der Waals surface area (Å²) in [6.45, 7) is 4.43. The van der Waals surface area contributed by atoms with Crippen molar-refractivity contribution in [1.82, 2.24) is 15.1 Å². The minimum Gasteiger partial charge on any atom is -0.464 e. The first-order valence-corrected chi connectivity index (χ1v) is 9.38. The normalized spacial score (nSPS) is 17.6.